The van der Waals surface area contributed by atoms with Gasteiger partial charge >= 0.3 is 6.18 Å². The summed E-state index contributed by atoms with van der Waals surface area (Å²) in [6.07, 6.45) is -2.92. The van der Waals surface area contributed by atoms with Gasteiger partial charge in [0.15, 0.2) is 4.80 Å². The quantitative estimate of drug-likeness (QED) is 0.916. The van der Waals surface area contributed by atoms with Crippen molar-refractivity contribution >= 4 is 21.6 Å². The van der Waals surface area contributed by atoms with E-state index in [4.69, 9.17) is 5.41 Å². The molecule has 1 aliphatic rings. The highest BCUT2D eigenvalue weighted by molar-refractivity contribution is 7.16. The Hall–Kier alpha value is -1.34. The minimum Gasteiger partial charge on any atom is -0.312 e. The molecular formula is C15H18F3N3S. The summed E-state index contributed by atoms with van der Waals surface area (Å²) >= 11 is 1.14. The molecule has 120 valence electrons. The molecule has 1 N–H and O–H groups in total. The van der Waals surface area contributed by atoms with Crippen molar-refractivity contribution < 1.29 is 13.2 Å². The summed E-state index contributed by atoms with van der Waals surface area (Å²) in [6.45, 7) is 3.80. The molecule has 0 amide bonds. The largest absolute Gasteiger partial charge is 0.416 e. The molecule has 22 heavy (non-hydrogen) atoms. The van der Waals surface area contributed by atoms with Crippen molar-refractivity contribution in [3.05, 3.63) is 28.1 Å². The van der Waals surface area contributed by atoms with Crippen LogP contribution in [0.3, 0.4) is 0 Å². The molecule has 0 saturated carbocycles. The van der Waals surface area contributed by atoms with Crippen molar-refractivity contribution in [1.82, 2.24) is 9.47 Å². The molecule has 0 bridgehead atoms. The molecule has 3 rings (SSSR count). The highest BCUT2D eigenvalue weighted by Crippen LogP contribution is 2.38. The van der Waals surface area contributed by atoms with Gasteiger partial charge in [0.05, 0.1) is 15.8 Å². The van der Waals surface area contributed by atoms with Gasteiger partial charge < -0.3 is 9.47 Å². The Bertz CT molecular complexity index is 760. The number of benzene rings is 1. The van der Waals surface area contributed by atoms with Crippen LogP contribution in [0.1, 0.15) is 30.5 Å². The maximum Gasteiger partial charge on any atom is 0.416 e. The van der Waals surface area contributed by atoms with Crippen LogP contribution in [0.4, 0.5) is 13.2 Å². The molecule has 1 aliphatic heterocycles. The van der Waals surface area contributed by atoms with E-state index < -0.39 is 11.7 Å². The molecule has 2 aromatic rings. The molecule has 0 aliphatic carbocycles. The Balaban J connectivity index is 2.14. The SMILES string of the molecule is CCN(C)CC1CCc2cc(C(F)(F)F)cc3sc(=N)n1c23. The second-order valence-electron chi connectivity index (χ2n) is 5.80. The number of likely N-dealkylation sites (N-methyl/N-ethyl adjacent to an activating group) is 1. The summed E-state index contributed by atoms with van der Waals surface area (Å²) in [7, 11) is 2.02. The molecule has 3 nitrogen and oxygen atoms in total. The van der Waals surface area contributed by atoms with E-state index in [1.165, 1.54) is 12.1 Å². The molecule has 7 heteroatoms. The van der Waals surface area contributed by atoms with E-state index in [0.29, 0.717) is 15.9 Å². The molecule has 0 fully saturated rings. The number of aryl methyl sites for hydroxylation is 1. The van der Waals surface area contributed by atoms with Crippen LogP contribution in [0, 0.1) is 5.41 Å². The van der Waals surface area contributed by atoms with E-state index in [1.807, 2.05) is 11.6 Å². The topological polar surface area (TPSA) is 32.0 Å². The van der Waals surface area contributed by atoms with Gasteiger partial charge in [-0.25, -0.2) is 0 Å². The van der Waals surface area contributed by atoms with Gasteiger partial charge in [0, 0.05) is 12.6 Å². The molecule has 0 radical (unpaired) electrons. The predicted molar refractivity (Wildman–Crippen MR) is 81.2 cm³/mol. The Morgan fingerprint density at radius 1 is 1.41 bits per heavy atom. The number of alkyl halides is 3. The highest BCUT2D eigenvalue weighted by atomic mass is 32.1. The van der Waals surface area contributed by atoms with Gasteiger partial charge in [-0.1, -0.05) is 18.3 Å². The molecule has 1 unspecified atom stereocenters. The maximum atomic E-state index is 13.0. The van der Waals surface area contributed by atoms with Crippen molar-refractivity contribution in [2.75, 3.05) is 20.1 Å². The lowest BCUT2D eigenvalue weighted by atomic mass is 9.97. The van der Waals surface area contributed by atoms with Crippen molar-refractivity contribution in [2.24, 2.45) is 0 Å². The second kappa shape index (κ2) is 5.38. The lowest BCUT2D eigenvalue weighted by molar-refractivity contribution is -0.137. The monoisotopic (exact) mass is 329 g/mol. The lowest BCUT2D eigenvalue weighted by Crippen LogP contribution is -2.33. The van der Waals surface area contributed by atoms with E-state index in [0.717, 1.165) is 41.9 Å². The number of hydrogen-bond acceptors (Lipinski definition) is 3. The van der Waals surface area contributed by atoms with Crippen LogP contribution in [0.5, 0.6) is 0 Å². The van der Waals surface area contributed by atoms with Crippen molar-refractivity contribution in [1.29, 1.82) is 5.41 Å². The number of aromatic nitrogens is 1. The van der Waals surface area contributed by atoms with Gasteiger partial charge in [-0.05, 0) is 44.1 Å². The minimum absolute atomic E-state index is 0.162. The first-order valence-corrected chi connectivity index (χ1v) is 8.11. The summed E-state index contributed by atoms with van der Waals surface area (Å²) in [5, 5.41) is 8.17. The molecule has 1 atom stereocenters. The van der Waals surface area contributed by atoms with Crippen LogP contribution in [-0.2, 0) is 12.6 Å². The van der Waals surface area contributed by atoms with Crippen molar-refractivity contribution in [2.45, 2.75) is 32.0 Å². The number of rotatable bonds is 3. The van der Waals surface area contributed by atoms with Crippen LogP contribution in [0.15, 0.2) is 12.1 Å². The van der Waals surface area contributed by atoms with E-state index in [2.05, 4.69) is 11.8 Å². The Morgan fingerprint density at radius 3 is 2.77 bits per heavy atom. The van der Waals surface area contributed by atoms with E-state index in [-0.39, 0.29) is 6.04 Å². The zero-order chi connectivity index (χ0) is 16.1. The fourth-order valence-corrected chi connectivity index (χ4v) is 4.15. The van der Waals surface area contributed by atoms with Crippen LogP contribution in [-0.4, -0.2) is 29.6 Å². The average Bonchev–Trinajstić information content (AvgIpc) is 2.78. The summed E-state index contributed by atoms with van der Waals surface area (Å²) < 4.78 is 41.5. The zero-order valence-corrected chi connectivity index (χ0v) is 13.3. The molecule has 0 spiro atoms. The van der Waals surface area contributed by atoms with Gasteiger partial charge in [-0.2, -0.15) is 13.2 Å². The number of nitrogens with zero attached hydrogens (tertiary/aromatic N) is 2. The van der Waals surface area contributed by atoms with Gasteiger partial charge in [-0.15, -0.1) is 0 Å². The normalized spacial score (nSPS) is 18.4. The van der Waals surface area contributed by atoms with Gasteiger partial charge in [0.2, 0.25) is 0 Å². The number of nitrogens with one attached hydrogen (secondary N) is 1. The Labute approximate surface area is 130 Å². The van der Waals surface area contributed by atoms with Crippen molar-refractivity contribution in [3.63, 3.8) is 0 Å². The van der Waals surface area contributed by atoms with Crippen molar-refractivity contribution in [3.8, 4) is 0 Å². The average molecular weight is 329 g/mol. The van der Waals surface area contributed by atoms with Gasteiger partial charge in [0.1, 0.15) is 0 Å². The first-order valence-electron chi connectivity index (χ1n) is 7.29. The van der Waals surface area contributed by atoms with Gasteiger partial charge in [-0.3, -0.25) is 5.41 Å². The summed E-state index contributed by atoms with van der Waals surface area (Å²) in [6, 6.07) is 2.60. The molecule has 1 aromatic carbocycles. The third-order valence-corrected chi connectivity index (χ3v) is 5.24. The smallest absolute Gasteiger partial charge is 0.312 e. The Morgan fingerprint density at radius 2 is 2.14 bits per heavy atom. The molecule has 1 aromatic heterocycles. The highest BCUT2D eigenvalue weighted by Gasteiger charge is 2.33. The number of thiazole rings is 1. The summed E-state index contributed by atoms with van der Waals surface area (Å²) in [4.78, 5) is 2.51. The Kier molecular flexibility index (Phi) is 3.81. The van der Waals surface area contributed by atoms with E-state index in [1.54, 1.807) is 0 Å². The van der Waals surface area contributed by atoms with Crippen LogP contribution in [0.25, 0.3) is 10.2 Å². The van der Waals surface area contributed by atoms with Crippen LogP contribution in [0.2, 0.25) is 0 Å². The van der Waals surface area contributed by atoms with E-state index in [9.17, 15) is 13.2 Å². The maximum absolute atomic E-state index is 13.0. The zero-order valence-electron chi connectivity index (χ0n) is 12.5. The number of hydrogen-bond donors (Lipinski definition) is 1. The standard InChI is InChI=1S/C15H18F3N3S/c1-3-20(2)8-11-5-4-9-6-10(15(16,17)18)7-12-13(9)21(11)14(19)22-12/h6-7,11,19H,3-5,8H2,1-2H3. The summed E-state index contributed by atoms with van der Waals surface area (Å²) in [5.74, 6) is 0. The summed E-state index contributed by atoms with van der Waals surface area (Å²) in [5.41, 5.74) is 0.936. The third kappa shape index (κ3) is 2.56. The fourth-order valence-electron chi connectivity index (χ4n) is 3.09. The third-order valence-electron chi connectivity index (χ3n) is 4.32. The fraction of sp³-hybridized carbons (Fsp3) is 0.533. The predicted octanol–water partition coefficient (Wildman–Crippen LogP) is 3.64. The molecule has 2 heterocycles. The van der Waals surface area contributed by atoms with Crippen LogP contribution >= 0.6 is 11.3 Å². The minimum atomic E-state index is -4.33. The van der Waals surface area contributed by atoms with Crippen LogP contribution < -0.4 is 4.80 Å². The second-order valence-corrected chi connectivity index (χ2v) is 6.84. The molecular weight excluding hydrogens is 311 g/mol. The molecule has 0 saturated heterocycles. The van der Waals surface area contributed by atoms with Gasteiger partial charge in [0.25, 0.3) is 0 Å². The first kappa shape index (κ1) is 15.6. The number of halogens is 3. The van der Waals surface area contributed by atoms with E-state index >= 15 is 0 Å². The lowest BCUT2D eigenvalue weighted by Gasteiger charge is -2.29. The first-order chi connectivity index (χ1) is 10.3.